The number of hydrogen-bond donors (Lipinski definition) is 1. The van der Waals surface area contributed by atoms with Gasteiger partial charge in [0, 0.05) is 10.6 Å². The molecule has 0 aliphatic carbocycles. The van der Waals surface area contributed by atoms with Crippen LogP contribution in [0.1, 0.15) is 10.4 Å². The molecule has 0 bridgehead atoms. The second-order valence-corrected chi connectivity index (χ2v) is 4.83. The first kappa shape index (κ1) is 15.5. The van der Waals surface area contributed by atoms with Crippen molar-refractivity contribution in [1.82, 2.24) is 0 Å². The third kappa shape index (κ3) is 4.31. The summed E-state index contributed by atoms with van der Waals surface area (Å²) in [7, 11) is 0. The van der Waals surface area contributed by atoms with Gasteiger partial charge in [0.1, 0.15) is 5.75 Å². The van der Waals surface area contributed by atoms with Crippen LogP contribution in [0.25, 0.3) is 0 Å². The zero-order valence-corrected chi connectivity index (χ0v) is 12.0. The summed E-state index contributed by atoms with van der Waals surface area (Å²) in [6.45, 7) is -2.95. The molecule has 2 rings (SSSR count). The second kappa shape index (κ2) is 6.74. The molecule has 7 heteroatoms. The standard InChI is InChI=1S/C14H9Cl2F2NO2/c15-9-4-5-12(11(16)7-9)19-13(20)8-2-1-3-10(6-8)21-14(17)18/h1-7,14H,(H,19,20). The molecular weight excluding hydrogens is 323 g/mol. The molecule has 0 heterocycles. The number of amides is 1. The molecule has 1 amide bonds. The number of anilines is 1. The Morgan fingerprint density at radius 1 is 1.14 bits per heavy atom. The van der Waals surface area contributed by atoms with Gasteiger partial charge in [0.25, 0.3) is 5.91 Å². The minimum Gasteiger partial charge on any atom is -0.435 e. The zero-order chi connectivity index (χ0) is 15.4. The summed E-state index contributed by atoms with van der Waals surface area (Å²) in [5.41, 5.74) is 0.533. The predicted octanol–water partition coefficient (Wildman–Crippen LogP) is 4.85. The summed E-state index contributed by atoms with van der Waals surface area (Å²) in [4.78, 5) is 12.0. The maximum absolute atomic E-state index is 12.1. The molecule has 0 saturated heterocycles. The highest BCUT2D eigenvalue weighted by Gasteiger charge is 2.11. The van der Waals surface area contributed by atoms with Crippen molar-refractivity contribution < 1.29 is 18.3 Å². The van der Waals surface area contributed by atoms with Crippen LogP contribution in [0, 0.1) is 0 Å². The first-order valence-electron chi connectivity index (χ1n) is 5.77. The van der Waals surface area contributed by atoms with Gasteiger partial charge in [-0.3, -0.25) is 4.79 Å². The molecule has 2 aromatic rings. The molecule has 2 aromatic carbocycles. The number of ether oxygens (including phenoxy) is 1. The van der Waals surface area contributed by atoms with Gasteiger partial charge in [-0.05, 0) is 36.4 Å². The van der Waals surface area contributed by atoms with E-state index in [0.29, 0.717) is 10.7 Å². The number of halogens is 4. The molecule has 0 atom stereocenters. The molecule has 3 nitrogen and oxygen atoms in total. The molecular formula is C14H9Cl2F2NO2. The fourth-order valence-electron chi connectivity index (χ4n) is 1.60. The molecule has 1 N–H and O–H groups in total. The largest absolute Gasteiger partial charge is 0.435 e. The van der Waals surface area contributed by atoms with Crippen LogP contribution in [0.2, 0.25) is 10.0 Å². The van der Waals surface area contributed by atoms with Gasteiger partial charge in [-0.25, -0.2) is 0 Å². The Hall–Kier alpha value is -1.85. The van der Waals surface area contributed by atoms with Crippen molar-refractivity contribution in [2.75, 3.05) is 5.32 Å². The van der Waals surface area contributed by atoms with E-state index in [1.54, 1.807) is 12.1 Å². The van der Waals surface area contributed by atoms with Crippen molar-refractivity contribution in [2.45, 2.75) is 6.61 Å². The topological polar surface area (TPSA) is 38.3 Å². The lowest BCUT2D eigenvalue weighted by atomic mass is 10.2. The van der Waals surface area contributed by atoms with Crippen molar-refractivity contribution in [2.24, 2.45) is 0 Å². The van der Waals surface area contributed by atoms with Gasteiger partial charge in [-0.15, -0.1) is 0 Å². The highest BCUT2D eigenvalue weighted by atomic mass is 35.5. The lowest BCUT2D eigenvalue weighted by Gasteiger charge is -2.09. The van der Waals surface area contributed by atoms with Crippen molar-refractivity contribution in [3.8, 4) is 5.75 Å². The second-order valence-electron chi connectivity index (χ2n) is 3.98. The summed E-state index contributed by atoms with van der Waals surface area (Å²) >= 11 is 11.7. The van der Waals surface area contributed by atoms with E-state index in [1.165, 1.54) is 30.3 Å². The van der Waals surface area contributed by atoms with Gasteiger partial charge in [-0.1, -0.05) is 29.3 Å². The normalized spacial score (nSPS) is 10.5. The minimum atomic E-state index is -2.95. The summed E-state index contributed by atoms with van der Waals surface area (Å²) in [6.07, 6.45) is 0. The van der Waals surface area contributed by atoms with Crippen molar-refractivity contribution in [1.29, 1.82) is 0 Å². The molecule has 21 heavy (non-hydrogen) atoms. The van der Waals surface area contributed by atoms with E-state index in [9.17, 15) is 13.6 Å². The maximum Gasteiger partial charge on any atom is 0.387 e. The predicted molar refractivity (Wildman–Crippen MR) is 77.5 cm³/mol. The van der Waals surface area contributed by atoms with Crippen molar-refractivity contribution >= 4 is 34.8 Å². The van der Waals surface area contributed by atoms with Crippen LogP contribution < -0.4 is 10.1 Å². The Bertz CT molecular complexity index is 665. The Morgan fingerprint density at radius 2 is 1.90 bits per heavy atom. The van der Waals surface area contributed by atoms with Crippen LogP contribution in [0.3, 0.4) is 0 Å². The van der Waals surface area contributed by atoms with E-state index >= 15 is 0 Å². The van der Waals surface area contributed by atoms with E-state index in [-0.39, 0.29) is 16.3 Å². The average Bonchev–Trinajstić information content (AvgIpc) is 2.41. The number of nitrogens with one attached hydrogen (secondary N) is 1. The number of hydrogen-bond acceptors (Lipinski definition) is 2. The van der Waals surface area contributed by atoms with Gasteiger partial charge in [0.05, 0.1) is 10.7 Å². The van der Waals surface area contributed by atoms with E-state index in [0.717, 1.165) is 0 Å². The Labute approximate surface area is 129 Å². The lowest BCUT2D eigenvalue weighted by Crippen LogP contribution is -2.12. The van der Waals surface area contributed by atoms with Crippen LogP contribution in [-0.2, 0) is 0 Å². The van der Waals surface area contributed by atoms with Gasteiger partial charge in [0.15, 0.2) is 0 Å². The SMILES string of the molecule is O=C(Nc1ccc(Cl)cc1Cl)c1cccc(OC(F)F)c1. The van der Waals surface area contributed by atoms with Crippen LogP contribution in [0.15, 0.2) is 42.5 Å². The zero-order valence-electron chi connectivity index (χ0n) is 10.4. The molecule has 0 unspecified atom stereocenters. The number of alkyl halides is 2. The number of benzene rings is 2. The van der Waals surface area contributed by atoms with E-state index in [4.69, 9.17) is 23.2 Å². The summed E-state index contributed by atoms with van der Waals surface area (Å²) < 4.78 is 28.5. The first-order valence-corrected chi connectivity index (χ1v) is 6.52. The third-order valence-electron chi connectivity index (χ3n) is 2.50. The van der Waals surface area contributed by atoms with Gasteiger partial charge < -0.3 is 10.1 Å². The van der Waals surface area contributed by atoms with Crippen LogP contribution in [0.5, 0.6) is 5.75 Å². The van der Waals surface area contributed by atoms with E-state index in [2.05, 4.69) is 10.1 Å². The highest BCUT2D eigenvalue weighted by Crippen LogP contribution is 2.26. The van der Waals surface area contributed by atoms with E-state index in [1.807, 2.05) is 0 Å². The first-order chi connectivity index (χ1) is 9.95. The van der Waals surface area contributed by atoms with Crippen LogP contribution in [0.4, 0.5) is 14.5 Å². The van der Waals surface area contributed by atoms with Gasteiger partial charge in [0.2, 0.25) is 0 Å². The third-order valence-corrected chi connectivity index (χ3v) is 3.05. The van der Waals surface area contributed by atoms with Gasteiger partial charge >= 0.3 is 6.61 Å². The fraction of sp³-hybridized carbons (Fsp3) is 0.0714. The Kier molecular flexibility index (Phi) is 4.98. The summed E-state index contributed by atoms with van der Waals surface area (Å²) in [6, 6.07) is 10.0. The van der Waals surface area contributed by atoms with Crippen LogP contribution >= 0.6 is 23.2 Å². The number of rotatable bonds is 4. The molecule has 0 aromatic heterocycles. The Morgan fingerprint density at radius 3 is 2.57 bits per heavy atom. The van der Waals surface area contributed by atoms with Crippen molar-refractivity contribution in [3.05, 3.63) is 58.1 Å². The van der Waals surface area contributed by atoms with E-state index < -0.39 is 12.5 Å². The molecule has 0 fully saturated rings. The van der Waals surface area contributed by atoms with Gasteiger partial charge in [-0.2, -0.15) is 8.78 Å². The number of carbonyl (C=O) groups is 1. The minimum absolute atomic E-state index is 0.0974. The molecule has 0 spiro atoms. The monoisotopic (exact) mass is 331 g/mol. The summed E-state index contributed by atoms with van der Waals surface area (Å²) in [5.74, 6) is -0.598. The Balaban J connectivity index is 2.16. The molecule has 0 radical (unpaired) electrons. The fourth-order valence-corrected chi connectivity index (χ4v) is 2.05. The quantitative estimate of drug-likeness (QED) is 0.869. The van der Waals surface area contributed by atoms with Crippen molar-refractivity contribution in [3.63, 3.8) is 0 Å². The smallest absolute Gasteiger partial charge is 0.387 e. The number of carbonyl (C=O) groups excluding carboxylic acids is 1. The molecule has 0 aliphatic rings. The molecule has 0 aliphatic heterocycles. The maximum atomic E-state index is 12.1. The highest BCUT2D eigenvalue weighted by molar-refractivity contribution is 6.36. The molecule has 0 saturated carbocycles. The average molecular weight is 332 g/mol. The lowest BCUT2D eigenvalue weighted by molar-refractivity contribution is -0.0498. The van der Waals surface area contributed by atoms with Crippen LogP contribution in [-0.4, -0.2) is 12.5 Å². The molecule has 110 valence electrons. The summed E-state index contributed by atoms with van der Waals surface area (Å²) in [5, 5.41) is 3.27.